The second-order valence-corrected chi connectivity index (χ2v) is 5.27. The van der Waals surface area contributed by atoms with Crippen LogP contribution in [-0.4, -0.2) is 19.4 Å². The Morgan fingerprint density at radius 3 is 2.43 bits per heavy atom. The Balaban J connectivity index is 1.73. The van der Waals surface area contributed by atoms with Crippen molar-refractivity contribution in [2.45, 2.75) is 25.4 Å². The molecule has 21 heavy (non-hydrogen) atoms. The van der Waals surface area contributed by atoms with E-state index in [4.69, 9.17) is 9.47 Å². The smallest absolute Gasteiger partial charge is 0.177 e. The Morgan fingerprint density at radius 1 is 1.05 bits per heavy atom. The number of nitrogens with one attached hydrogen (secondary N) is 1. The average Bonchev–Trinajstić information content (AvgIpc) is 2.57. The van der Waals surface area contributed by atoms with Crippen LogP contribution in [0.2, 0.25) is 0 Å². The van der Waals surface area contributed by atoms with Crippen molar-refractivity contribution >= 4 is 0 Å². The van der Waals surface area contributed by atoms with Gasteiger partial charge < -0.3 is 14.8 Å². The summed E-state index contributed by atoms with van der Waals surface area (Å²) in [5.41, 5.74) is 2.36. The zero-order valence-electron chi connectivity index (χ0n) is 12.2. The predicted octanol–water partition coefficient (Wildman–Crippen LogP) is 3.45. The highest BCUT2D eigenvalue weighted by Crippen LogP contribution is 2.27. The molecule has 0 bridgehead atoms. The standard InChI is InChI=1S/C18H21NO2/c1-14(15-8-4-2-5-9-15)21-18-17(19-12-13-20-18)16-10-6-3-7-11-16/h2-11,14,17-19H,12-13H2,1H3/t14-,17+,18-/m1/s1. The van der Waals surface area contributed by atoms with Crippen molar-refractivity contribution in [3.8, 4) is 0 Å². The van der Waals surface area contributed by atoms with Gasteiger partial charge in [0.1, 0.15) is 0 Å². The van der Waals surface area contributed by atoms with Gasteiger partial charge in [-0.05, 0) is 18.1 Å². The van der Waals surface area contributed by atoms with Gasteiger partial charge in [0, 0.05) is 6.54 Å². The Kier molecular flexibility index (Phi) is 4.65. The molecule has 1 aliphatic rings. The molecule has 1 aliphatic heterocycles. The lowest BCUT2D eigenvalue weighted by atomic mass is 10.1. The summed E-state index contributed by atoms with van der Waals surface area (Å²) in [7, 11) is 0. The minimum Gasteiger partial charge on any atom is -0.349 e. The SMILES string of the molecule is C[C@@H](O[C@H]1OCCN[C@H]1c1ccccc1)c1ccccc1. The van der Waals surface area contributed by atoms with E-state index in [2.05, 4.69) is 36.5 Å². The molecule has 0 aliphatic carbocycles. The number of rotatable bonds is 4. The predicted molar refractivity (Wildman–Crippen MR) is 82.9 cm³/mol. The number of ether oxygens (including phenoxy) is 2. The van der Waals surface area contributed by atoms with Gasteiger partial charge in [0.05, 0.1) is 18.8 Å². The molecule has 0 aromatic heterocycles. The van der Waals surface area contributed by atoms with Crippen molar-refractivity contribution in [2.24, 2.45) is 0 Å². The average molecular weight is 283 g/mol. The fraction of sp³-hybridized carbons (Fsp3) is 0.333. The largest absolute Gasteiger partial charge is 0.349 e. The molecule has 1 N–H and O–H groups in total. The maximum absolute atomic E-state index is 6.16. The lowest BCUT2D eigenvalue weighted by Gasteiger charge is -2.34. The lowest BCUT2D eigenvalue weighted by Crippen LogP contribution is -2.43. The summed E-state index contributed by atoms with van der Waals surface area (Å²) in [5, 5.41) is 3.49. The topological polar surface area (TPSA) is 30.5 Å². The van der Waals surface area contributed by atoms with E-state index in [-0.39, 0.29) is 18.4 Å². The van der Waals surface area contributed by atoms with Crippen LogP contribution in [0.15, 0.2) is 60.7 Å². The quantitative estimate of drug-likeness (QED) is 0.932. The molecule has 3 heteroatoms. The lowest BCUT2D eigenvalue weighted by molar-refractivity contribution is -0.200. The zero-order chi connectivity index (χ0) is 14.5. The maximum atomic E-state index is 6.16. The first-order chi connectivity index (χ1) is 10.3. The van der Waals surface area contributed by atoms with Crippen molar-refractivity contribution in [1.29, 1.82) is 0 Å². The van der Waals surface area contributed by atoms with Crippen LogP contribution in [0.4, 0.5) is 0 Å². The van der Waals surface area contributed by atoms with Crippen LogP contribution < -0.4 is 5.32 Å². The third-order valence-corrected chi connectivity index (χ3v) is 3.79. The summed E-state index contributed by atoms with van der Waals surface area (Å²) in [6, 6.07) is 20.6. The summed E-state index contributed by atoms with van der Waals surface area (Å²) in [4.78, 5) is 0. The van der Waals surface area contributed by atoms with Crippen LogP contribution >= 0.6 is 0 Å². The van der Waals surface area contributed by atoms with Gasteiger partial charge in [-0.2, -0.15) is 0 Å². The van der Waals surface area contributed by atoms with Crippen LogP contribution in [0.25, 0.3) is 0 Å². The monoisotopic (exact) mass is 283 g/mol. The molecule has 0 radical (unpaired) electrons. The fourth-order valence-corrected chi connectivity index (χ4v) is 2.64. The van der Waals surface area contributed by atoms with Crippen LogP contribution in [0.1, 0.15) is 30.2 Å². The van der Waals surface area contributed by atoms with Crippen LogP contribution in [0, 0.1) is 0 Å². The number of hydrogen-bond acceptors (Lipinski definition) is 3. The van der Waals surface area contributed by atoms with Crippen LogP contribution in [0.3, 0.4) is 0 Å². The van der Waals surface area contributed by atoms with E-state index in [1.165, 1.54) is 11.1 Å². The molecule has 1 fully saturated rings. The third-order valence-electron chi connectivity index (χ3n) is 3.79. The van der Waals surface area contributed by atoms with Crippen LogP contribution in [-0.2, 0) is 9.47 Å². The van der Waals surface area contributed by atoms with E-state index in [1.807, 2.05) is 36.4 Å². The first kappa shape index (κ1) is 14.3. The Morgan fingerprint density at radius 2 is 1.71 bits per heavy atom. The maximum Gasteiger partial charge on any atom is 0.177 e. The number of benzene rings is 2. The summed E-state index contributed by atoms with van der Waals surface area (Å²) in [6.07, 6.45) is -0.265. The normalized spacial score (nSPS) is 23.7. The molecule has 1 heterocycles. The minimum absolute atomic E-state index is 0.00214. The first-order valence-corrected chi connectivity index (χ1v) is 7.45. The number of morpholine rings is 1. The molecule has 3 atom stereocenters. The summed E-state index contributed by atoms with van der Waals surface area (Å²) >= 11 is 0. The molecule has 3 nitrogen and oxygen atoms in total. The fourth-order valence-electron chi connectivity index (χ4n) is 2.64. The number of hydrogen-bond donors (Lipinski definition) is 1. The van der Waals surface area contributed by atoms with Crippen LogP contribution in [0.5, 0.6) is 0 Å². The van der Waals surface area contributed by atoms with Gasteiger partial charge in [0.15, 0.2) is 6.29 Å². The van der Waals surface area contributed by atoms with Crippen molar-refractivity contribution in [1.82, 2.24) is 5.32 Å². The summed E-state index contributed by atoms with van der Waals surface area (Å²) < 4.78 is 12.0. The second-order valence-electron chi connectivity index (χ2n) is 5.27. The molecule has 0 saturated carbocycles. The molecule has 2 aromatic rings. The minimum atomic E-state index is -0.267. The first-order valence-electron chi connectivity index (χ1n) is 7.45. The van der Waals surface area contributed by atoms with Crippen molar-refractivity contribution in [2.75, 3.05) is 13.2 Å². The van der Waals surface area contributed by atoms with Gasteiger partial charge in [0.25, 0.3) is 0 Å². The molecular weight excluding hydrogens is 262 g/mol. The summed E-state index contributed by atoms with van der Waals surface area (Å²) in [5.74, 6) is 0. The molecule has 0 unspecified atom stereocenters. The van der Waals surface area contributed by atoms with Crippen molar-refractivity contribution in [3.63, 3.8) is 0 Å². The van der Waals surface area contributed by atoms with E-state index in [0.717, 1.165) is 6.54 Å². The second kappa shape index (κ2) is 6.85. The van der Waals surface area contributed by atoms with E-state index in [0.29, 0.717) is 6.61 Å². The van der Waals surface area contributed by atoms with E-state index < -0.39 is 0 Å². The van der Waals surface area contributed by atoms with Gasteiger partial charge in [-0.15, -0.1) is 0 Å². The van der Waals surface area contributed by atoms with Gasteiger partial charge in [-0.1, -0.05) is 60.7 Å². The van der Waals surface area contributed by atoms with Gasteiger partial charge >= 0.3 is 0 Å². The van der Waals surface area contributed by atoms with E-state index >= 15 is 0 Å². The molecule has 3 rings (SSSR count). The Hall–Kier alpha value is -1.68. The van der Waals surface area contributed by atoms with Gasteiger partial charge in [-0.3, -0.25) is 0 Å². The zero-order valence-corrected chi connectivity index (χ0v) is 12.2. The Bertz CT molecular complexity index is 544. The highest BCUT2D eigenvalue weighted by Gasteiger charge is 2.29. The molecule has 0 amide bonds. The van der Waals surface area contributed by atoms with E-state index in [1.54, 1.807) is 0 Å². The Labute approximate surface area is 125 Å². The third kappa shape index (κ3) is 3.50. The van der Waals surface area contributed by atoms with Gasteiger partial charge in [-0.25, -0.2) is 0 Å². The molecule has 110 valence electrons. The highest BCUT2D eigenvalue weighted by atomic mass is 16.7. The molecule has 2 aromatic carbocycles. The summed E-state index contributed by atoms with van der Waals surface area (Å²) in [6.45, 7) is 3.59. The van der Waals surface area contributed by atoms with Crippen molar-refractivity contribution < 1.29 is 9.47 Å². The highest BCUT2D eigenvalue weighted by molar-refractivity contribution is 5.20. The van der Waals surface area contributed by atoms with E-state index in [9.17, 15) is 0 Å². The molecular formula is C18H21NO2. The van der Waals surface area contributed by atoms with Crippen molar-refractivity contribution in [3.05, 3.63) is 71.8 Å². The van der Waals surface area contributed by atoms with Gasteiger partial charge in [0.2, 0.25) is 0 Å². The molecule has 0 spiro atoms. The molecule has 1 saturated heterocycles.